The quantitative estimate of drug-likeness (QED) is 0.156. The SMILES string of the molecule is CCCCNc1cc(C)c(OCC(=O)N[C@@H](Cc2ccccc2)[C@H](O)C(=O)N2CSC(C)(C)[C@H]2C(=O)N[C@H]2c3ccccc3C[C@H]2O)c(C)c1. The number of aryl methyl sites for hydroxylation is 2. The summed E-state index contributed by atoms with van der Waals surface area (Å²) in [6.45, 7) is 10.3. The van der Waals surface area contributed by atoms with Gasteiger partial charge >= 0.3 is 0 Å². The van der Waals surface area contributed by atoms with Crippen molar-refractivity contribution in [3.63, 3.8) is 0 Å². The number of anilines is 1. The molecule has 1 saturated heterocycles. The van der Waals surface area contributed by atoms with E-state index in [1.807, 2.05) is 94.4 Å². The molecular formula is C39H50N4O6S. The van der Waals surface area contributed by atoms with Gasteiger partial charge in [-0.2, -0.15) is 0 Å². The van der Waals surface area contributed by atoms with Crippen molar-refractivity contribution in [1.29, 1.82) is 0 Å². The first kappa shape index (κ1) is 37.2. The van der Waals surface area contributed by atoms with Crippen molar-refractivity contribution in [2.24, 2.45) is 0 Å². The third kappa shape index (κ3) is 8.62. The van der Waals surface area contributed by atoms with Crippen molar-refractivity contribution in [3.05, 3.63) is 94.5 Å². The van der Waals surface area contributed by atoms with Crippen LogP contribution in [0.15, 0.2) is 66.7 Å². The molecule has 0 saturated carbocycles. The maximum atomic E-state index is 14.1. The van der Waals surface area contributed by atoms with Crippen LogP contribution in [-0.2, 0) is 27.2 Å². The van der Waals surface area contributed by atoms with Crippen molar-refractivity contribution in [2.75, 3.05) is 24.3 Å². The van der Waals surface area contributed by atoms with E-state index >= 15 is 0 Å². The molecule has 3 aromatic carbocycles. The standard InChI is InChI=1S/C39H50N4O6S/c1-6-7-17-40-28-18-24(2)35(25(3)19-28)49-22-32(45)41-30(20-26-13-9-8-10-14-26)34(46)38(48)43-23-50-39(4,5)36(43)37(47)42-33-29-16-12-11-15-27(29)21-31(33)44/h8-16,18-19,30-31,33-34,36,40,44,46H,6-7,17,20-23H2,1-5H3,(H,41,45)(H,42,47)/t30-,31+,33-,34-,36+/m0/s1. The lowest BCUT2D eigenvalue weighted by molar-refractivity contribution is -0.148. The Morgan fingerprint density at radius 2 is 1.72 bits per heavy atom. The number of carbonyl (C=O) groups is 3. The lowest BCUT2D eigenvalue weighted by Gasteiger charge is -2.34. The molecule has 0 unspecified atom stereocenters. The number of thioether (sulfide) groups is 1. The van der Waals surface area contributed by atoms with Gasteiger partial charge in [0.25, 0.3) is 11.8 Å². The molecule has 5 rings (SSSR count). The summed E-state index contributed by atoms with van der Waals surface area (Å²) in [6, 6.07) is 18.4. The molecule has 11 heteroatoms. The zero-order valence-electron chi connectivity index (χ0n) is 29.6. The Bertz CT molecular complexity index is 1640. The third-order valence-electron chi connectivity index (χ3n) is 9.53. The molecule has 0 bridgehead atoms. The molecule has 1 aliphatic heterocycles. The number of nitrogens with zero attached hydrogens (tertiary/aromatic N) is 1. The Balaban J connectivity index is 1.29. The van der Waals surface area contributed by atoms with Gasteiger partial charge < -0.3 is 35.8 Å². The van der Waals surface area contributed by atoms with Crippen LogP contribution in [0.25, 0.3) is 0 Å². The summed E-state index contributed by atoms with van der Waals surface area (Å²) in [5.74, 6) is -0.758. The number of ether oxygens (including phenoxy) is 1. The molecule has 5 N–H and O–H groups in total. The zero-order valence-corrected chi connectivity index (χ0v) is 30.4. The summed E-state index contributed by atoms with van der Waals surface area (Å²) in [4.78, 5) is 42.8. The average Bonchev–Trinajstić information content (AvgIpc) is 3.58. The Morgan fingerprint density at radius 1 is 1.04 bits per heavy atom. The van der Waals surface area contributed by atoms with Crippen LogP contribution in [0.5, 0.6) is 5.75 Å². The molecule has 0 radical (unpaired) electrons. The lowest BCUT2D eigenvalue weighted by Crippen LogP contribution is -2.59. The van der Waals surface area contributed by atoms with Crippen LogP contribution in [0.3, 0.4) is 0 Å². The molecule has 0 aromatic heterocycles. The molecule has 3 aromatic rings. The number of fused-ring (bicyclic) bond motifs is 1. The van der Waals surface area contributed by atoms with Gasteiger partial charge in [-0.1, -0.05) is 67.9 Å². The van der Waals surface area contributed by atoms with Crippen LogP contribution in [0.4, 0.5) is 5.69 Å². The minimum absolute atomic E-state index is 0.182. The molecule has 1 aliphatic carbocycles. The van der Waals surface area contributed by atoms with E-state index in [0.29, 0.717) is 12.2 Å². The van der Waals surface area contributed by atoms with Crippen LogP contribution in [0.2, 0.25) is 0 Å². The van der Waals surface area contributed by atoms with Gasteiger partial charge in [0, 0.05) is 23.4 Å². The topological polar surface area (TPSA) is 140 Å². The van der Waals surface area contributed by atoms with Gasteiger partial charge in [-0.05, 0) is 80.5 Å². The van der Waals surface area contributed by atoms with E-state index in [1.165, 1.54) is 16.7 Å². The highest BCUT2D eigenvalue weighted by molar-refractivity contribution is 8.00. The molecule has 1 fully saturated rings. The maximum Gasteiger partial charge on any atom is 0.258 e. The lowest BCUT2D eigenvalue weighted by atomic mass is 9.96. The predicted octanol–water partition coefficient (Wildman–Crippen LogP) is 4.44. The second kappa shape index (κ2) is 16.3. The van der Waals surface area contributed by atoms with Gasteiger partial charge in [-0.15, -0.1) is 11.8 Å². The maximum absolute atomic E-state index is 14.1. The fraction of sp³-hybridized carbons (Fsp3) is 0.462. The molecule has 268 valence electrons. The van der Waals surface area contributed by atoms with E-state index in [4.69, 9.17) is 4.74 Å². The van der Waals surface area contributed by atoms with Crippen LogP contribution in [-0.4, -0.2) is 80.9 Å². The number of hydrogen-bond acceptors (Lipinski definition) is 8. The van der Waals surface area contributed by atoms with E-state index < -0.39 is 52.8 Å². The van der Waals surface area contributed by atoms with Gasteiger partial charge in [-0.3, -0.25) is 14.4 Å². The van der Waals surface area contributed by atoms with E-state index in [-0.39, 0.29) is 18.9 Å². The highest BCUT2D eigenvalue weighted by Crippen LogP contribution is 2.41. The molecular weight excluding hydrogens is 653 g/mol. The highest BCUT2D eigenvalue weighted by Gasteiger charge is 2.50. The number of aliphatic hydroxyl groups excluding tert-OH is 2. The van der Waals surface area contributed by atoms with Crippen LogP contribution in [0.1, 0.15) is 67.5 Å². The highest BCUT2D eigenvalue weighted by atomic mass is 32.2. The second-order valence-corrected chi connectivity index (χ2v) is 15.5. The summed E-state index contributed by atoms with van der Waals surface area (Å²) in [7, 11) is 0. The number of hydrogen-bond donors (Lipinski definition) is 5. The van der Waals surface area contributed by atoms with Crippen LogP contribution >= 0.6 is 11.8 Å². The van der Waals surface area contributed by atoms with E-state index in [0.717, 1.165) is 52.9 Å². The summed E-state index contributed by atoms with van der Waals surface area (Å²) >= 11 is 1.44. The summed E-state index contributed by atoms with van der Waals surface area (Å²) in [5, 5.41) is 31.7. The van der Waals surface area contributed by atoms with Gasteiger partial charge in [0.2, 0.25) is 5.91 Å². The van der Waals surface area contributed by atoms with Gasteiger partial charge in [0.05, 0.1) is 24.1 Å². The van der Waals surface area contributed by atoms with Crippen LogP contribution < -0.4 is 20.7 Å². The molecule has 10 nitrogen and oxygen atoms in total. The Hall–Kier alpha value is -4.06. The molecule has 2 aliphatic rings. The van der Waals surface area contributed by atoms with E-state index in [1.54, 1.807) is 0 Å². The molecule has 5 atom stereocenters. The van der Waals surface area contributed by atoms with Crippen molar-refractivity contribution in [2.45, 2.75) is 95.4 Å². The summed E-state index contributed by atoms with van der Waals surface area (Å²) < 4.78 is 5.31. The normalized spacial score (nSPS) is 20.5. The molecule has 0 spiro atoms. The molecule has 1 heterocycles. The Kier molecular flexibility index (Phi) is 12.1. The average molecular weight is 703 g/mol. The van der Waals surface area contributed by atoms with Crippen molar-refractivity contribution in [1.82, 2.24) is 15.5 Å². The fourth-order valence-electron chi connectivity index (χ4n) is 6.92. The number of carbonyl (C=O) groups excluding carboxylic acids is 3. The fourth-order valence-corrected chi connectivity index (χ4v) is 8.06. The first-order chi connectivity index (χ1) is 23.9. The van der Waals surface area contributed by atoms with Gasteiger partial charge in [-0.25, -0.2) is 0 Å². The molecule has 50 heavy (non-hydrogen) atoms. The van der Waals surface area contributed by atoms with E-state index in [9.17, 15) is 24.6 Å². The zero-order chi connectivity index (χ0) is 36.0. The van der Waals surface area contributed by atoms with Crippen molar-refractivity contribution < 1.29 is 29.3 Å². The van der Waals surface area contributed by atoms with Gasteiger partial charge in [0.15, 0.2) is 12.7 Å². The number of unbranched alkanes of at least 4 members (excludes halogenated alkanes) is 1. The Morgan fingerprint density at radius 3 is 2.42 bits per heavy atom. The van der Waals surface area contributed by atoms with Crippen molar-refractivity contribution >= 4 is 35.2 Å². The Labute approximate surface area is 299 Å². The number of amides is 3. The van der Waals surface area contributed by atoms with Gasteiger partial charge in [0.1, 0.15) is 11.8 Å². The largest absolute Gasteiger partial charge is 0.483 e. The van der Waals surface area contributed by atoms with Crippen molar-refractivity contribution in [3.8, 4) is 5.75 Å². The number of benzene rings is 3. The monoisotopic (exact) mass is 702 g/mol. The summed E-state index contributed by atoms with van der Waals surface area (Å²) in [6.07, 6.45) is 0.344. The first-order valence-corrected chi connectivity index (χ1v) is 18.4. The third-order valence-corrected chi connectivity index (χ3v) is 10.9. The smallest absolute Gasteiger partial charge is 0.258 e. The minimum atomic E-state index is -1.64. The molecule has 3 amide bonds. The number of aliphatic hydroxyl groups is 2. The summed E-state index contributed by atoms with van der Waals surface area (Å²) in [5.41, 5.74) is 5.42. The second-order valence-electron chi connectivity index (χ2n) is 13.9. The number of rotatable bonds is 14. The number of nitrogens with one attached hydrogen (secondary N) is 3. The minimum Gasteiger partial charge on any atom is -0.483 e. The first-order valence-electron chi connectivity index (χ1n) is 17.4. The predicted molar refractivity (Wildman–Crippen MR) is 197 cm³/mol. The van der Waals surface area contributed by atoms with Crippen LogP contribution in [0, 0.1) is 13.8 Å². The van der Waals surface area contributed by atoms with E-state index in [2.05, 4.69) is 22.9 Å².